The quantitative estimate of drug-likeness (QED) is 0.645. The summed E-state index contributed by atoms with van der Waals surface area (Å²) in [6.07, 6.45) is 2.55. The minimum absolute atomic E-state index is 0.789. The van der Waals surface area contributed by atoms with Gasteiger partial charge in [-0.1, -0.05) is 13.8 Å². The molecule has 1 atom stereocenters. The number of hydrogen-bond acceptors (Lipinski definition) is 1. The summed E-state index contributed by atoms with van der Waals surface area (Å²) in [5, 5.41) is 4.50. The van der Waals surface area contributed by atoms with Crippen LogP contribution in [-0.4, -0.2) is 9.78 Å². The molecule has 72 valence electrons. The van der Waals surface area contributed by atoms with Crippen molar-refractivity contribution in [2.75, 3.05) is 0 Å². The van der Waals surface area contributed by atoms with Crippen molar-refractivity contribution in [1.82, 2.24) is 9.78 Å². The van der Waals surface area contributed by atoms with Crippen molar-refractivity contribution in [1.29, 1.82) is 0 Å². The zero-order valence-electron chi connectivity index (χ0n) is 8.75. The van der Waals surface area contributed by atoms with E-state index in [0.717, 1.165) is 18.4 Å². The van der Waals surface area contributed by atoms with Crippen LogP contribution in [0, 0.1) is 18.8 Å². The van der Waals surface area contributed by atoms with Crippen LogP contribution in [0.25, 0.3) is 0 Å². The van der Waals surface area contributed by atoms with Crippen molar-refractivity contribution in [3.63, 3.8) is 0 Å². The lowest BCUT2D eigenvalue weighted by molar-refractivity contribution is 0.270. The van der Waals surface area contributed by atoms with E-state index in [1.807, 2.05) is 0 Å². The molecule has 0 aromatic carbocycles. The second-order valence-electron chi connectivity index (χ2n) is 4.50. The van der Waals surface area contributed by atoms with E-state index in [-0.39, 0.29) is 0 Å². The van der Waals surface area contributed by atoms with Gasteiger partial charge in [0.2, 0.25) is 0 Å². The SMILES string of the molecule is Cc1cc2n(n1)CC(C(C)C)CC2. The fraction of sp³-hybridized carbons (Fsp3) is 0.727. The molecule has 2 nitrogen and oxygen atoms in total. The van der Waals surface area contributed by atoms with E-state index >= 15 is 0 Å². The van der Waals surface area contributed by atoms with Crippen LogP contribution in [0.3, 0.4) is 0 Å². The van der Waals surface area contributed by atoms with Crippen LogP contribution in [0.1, 0.15) is 31.7 Å². The van der Waals surface area contributed by atoms with Gasteiger partial charge in [0, 0.05) is 12.2 Å². The van der Waals surface area contributed by atoms with Gasteiger partial charge in [0.05, 0.1) is 5.69 Å². The average molecular weight is 178 g/mol. The molecule has 0 N–H and O–H groups in total. The smallest absolute Gasteiger partial charge is 0.0596 e. The normalized spacial score (nSPS) is 22.0. The molecule has 2 heterocycles. The lowest BCUT2D eigenvalue weighted by Crippen LogP contribution is -2.24. The Hall–Kier alpha value is -0.790. The van der Waals surface area contributed by atoms with Crippen LogP contribution in [-0.2, 0) is 13.0 Å². The van der Waals surface area contributed by atoms with E-state index in [2.05, 4.69) is 36.6 Å². The van der Waals surface area contributed by atoms with Crippen molar-refractivity contribution in [3.05, 3.63) is 17.5 Å². The van der Waals surface area contributed by atoms with Gasteiger partial charge < -0.3 is 0 Å². The molecule has 1 aromatic heterocycles. The highest BCUT2D eigenvalue weighted by atomic mass is 15.3. The Labute approximate surface area is 80.0 Å². The van der Waals surface area contributed by atoms with Gasteiger partial charge in [0.1, 0.15) is 0 Å². The Morgan fingerprint density at radius 2 is 2.31 bits per heavy atom. The third kappa shape index (κ3) is 1.62. The van der Waals surface area contributed by atoms with Crippen LogP contribution in [0.2, 0.25) is 0 Å². The number of aromatic nitrogens is 2. The summed E-state index contributed by atoms with van der Waals surface area (Å²) in [6.45, 7) is 7.83. The van der Waals surface area contributed by atoms with E-state index in [4.69, 9.17) is 0 Å². The molecule has 0 amide bonds. The molecule has 1 aliphatic heterocycles. The third-order valence-corrected chi connectivity index (χ3v) is 3.11. The lowest BCUT2D eigenvalue weighted by atomic mass is 9.88. The Morgan fingerprint density at radius 3 is 3.00 bits per heavy atom. The molecule has 0 aliphatic carbocycles. The van der Waals surface area contributed by atoms with E-state index in [1.165, 1.54) is 24.2 Å². The molecule has 0 saturated heterocycles. The molecule has 0 spiro atoms. The first-order valence-corrected chi connectivity index (χ1v) is 5.20. The van der Waals surface area contributed by atoms with Gasteiger partial charge >= 0.3 is 0 Å². The number of fused-ring (bicyclic) bond motifs is 1. The van der Waals surface area contributed by atoms with Crippen molar-refractivity contribution in [2.45, 2.75) is 40.2 Å². The van der Waals surface area contributed by atoms with E-state index < -0.39 is 0 Å². The van der Waals surface area contributed by atoms with E-state index in [0.29, 0.717) is 0 Å². The Bertz CT molecular complexity index is 299. The minimum atomic E-state index is 0.789. The molecule has 0 fully saturated rings. The van der Waals surface area contributed by atoms with E-state index in [1.54, 1.807) is 0 Å². The number of nitrogens with zero attached hydrogens (tertiary/aromatic N) is 2. The van der Waals surface area contributed by atoms with Crippen molar-refractivity contribution >= 4 is 0 Å². The first kappa shape index (κ1) is 8.79. The fourth-order valence-electron chi connectivity index (χ4n) is 2.15. The van der Waals surface area contributed by atoms with Crippen molar-refractivity contribution in [2.24, 2.45) is 11.8 Å². The molecule has 1 aromatic rings. The predicted molar refractivity (Wildman–Crippen MR) is 53.6 cm³/mol. The summed E-state index contributed by atoms with van der Waals surface area (Å²) in [6, 6.07) is 2.22. The Kier molecular flexibility index (Phi) is 2.14. The van der Waals surface area contributed by atoms with Crippen LogP contribution in [0.5, 0.6) is 0 Å². The predicted octanol–water partition coefficient (Wildman–Crippen LogP) is 2.41. The van der Waals surface area contributed by atoms with Crippen LogP contribution in [0.15, 0.2) is 6.07 Å². The Balaban J connectivity index is 2.19. The average Bonchev–Trinajstić information content (AvgIpc) is 2.42. The summed E-state index contributed by atoms with van der Waals surface area (Å²) < 4.78 is 2.20. The summed E-state index contributed by atoms with van der Waals surface area (Å²) in [7, 11) is 0. The number of aryl methyl sites for hydroxylation is 2. The molecule has 0 bridgehead atoms. The minimum Gasteiger partial charge on any atom is -0.269 e. The maximum atomic E-state index is 4.50. The van der Waals surface area contributed by atoms with E-state index in [9.17, 15) is 0 Å². The highest BCUT2D eigenvalue weighted by Gasteiger charge is 2.21. The van der Waals surface area contributed by atoms with Gasteiger partial charge in [0.25, 0.3) is 0 Å². The fourth-order valence-corrected chi connectivity index (χ4v) is 2.15. The molecule has 2 heteroatoms. The summed E-state index contributed by atoms with van der Waals surface area (Å²) in [5.41, 5.74) is 2.59. The second-order valence-corrected chi connectivity index (χ2v) is 4.50. The zero-order chi connectivity index (χ0) is 9.42. The van der Waals surface area contributed by atoms with Gasteiger partial charge in [-0.05, 0) is 37.7 Å². The summed E-state index contributed by atoms with van der Waals surface area (Å²) >= 11 is 0. The summed E-state index contributed by atoms with van der Waals surface area (Å²) in [4.78, 5) is 0. The standard InChI is InChI=1S/C11H18N2/c1-8(2)10-4-5-11-6-9(3)12-13(11)7-10/h6,8,10H,4-5,7H2,1-3H3. The molecule has 0 saturated carbocycles. The maximum absolute atomic E-state index is 4.50. The van der Waals surface area contributed by atoms with Crippen LogP contribution >= 0.6 is 0 Å². The first-order chi connectivity index (χ1) is 6.16. The number of hydrogen-bond donors (Lipinski definition) is 0. The highest BCUT2D eigenvalue weighted by molar-refractivity contribution is 5.10. The molecular weight excluding hydrogens is 160 g/mol. The van der Waals surface area contributed by atoms with Gasteiger partial charge in [-0.2, -0.15) is 5.10 Å². The van der Waals surface area contributed by atoms with Crippen molar-refractivity contribution < 1.29 is 0 Å². The first-order valence-electron chi connectivity index (χ1n) is 5.20. The number of rotatable bonds is 1. The molecule has 0 radical (unpaired) electrons. The monoisotopic (exact) mass is 178 g/mol. The van der Waals surface area contributed by atoms with Gasteiger partial charge in [0.15, 0.2) is 0 Å². The zero-order valence-corrected chi connectivity index (χ0v) is 8.75. The topological polar surface area (TPSA) is 17.8 Å². The highest BCUT2D eigenvalue weighted by Crippen LogP contribution is 2.25. The molecular formula is C11H18N2. The van der Waals surface area contributed by atoms with Gasteiger partial charge in [-0.25, -0.2) is 0 Å². The maximum Gasteiger partial charge on any atom is 0.0596 e. The van der Waals surface area contributed by atoms with Gasteiger partial charge in [-0.15, -0.1) is 0 Å². The molecule has 2 rings (SSSR count). The van der Waals surface area contributed by atoms with Gasteiger partial charge in [-0.3, -0.25) is 4.68 Å². The van der Waals surface area contributed by atoms with Crippen LogP contribution < -0.4 is 0 Å². The van der Waals surface area contributed by atoms with Crippen LogP contribution in [0.4, 0.5) is 0 Å². The summed E-state index contributed by atoms with van der Waals surface area (Å²) in [5.74, 6) is 1.62. The molecule has 1 unspecified atom stereocenters. The van der Waals surface area contributed by atoms with Crippen molar-refractivity contribution in [3.8, 4) is 0 Å². The lowest BCUT2D eigenvalue weighted by Gasteiger charge is -2.26. The molecule has 1 aliphatic rings. The Morgan fingerprint density at radius 1 is 1.54 bits per heavy atom. The third-order valence-electron chi connectivity index (χ3n) is 3.11. The largest absolute Gasteiger partial charge is 0.269 e. The second kappa shape index (κ2) is 3.17. The molecule has 13 heavy (non-hydrogen) atoms.